The number of hydrogen-bond acceptors (Lipinski definition) is 6. The number of carbonyl (C=O) groups excluding carboxylic acids is 1. The molecule has 0 saturated carbocycles. The van der Waals surface area contributed by atoms with Crippen LogP contribution in [-0.2, 0) is 4.74 Å². The summed E-state index contributed by atoms with van der Waals surface area (Å²) in [5.41, 5.74) is 6.20. The van der Waals surface area contributed by atoms with E-state index in [4.69, 9.17) is 9.15 Å². The SMILES string of the molecule is CN(C)C(=O)c1ccc(-c2cc3nccc(-c4ccc(N(C)C5CCOCC5)c(C#N)c4)c3o2)cc1.Cl. The molecule has 0 N–H and O–H groups in total. The number of hydrogen-bond donors (Lipinski definition) is 0. The summed E-state index contributed by atoms with van der Waals surface area (Å²) >= 11 is 0. The van der Waals surface area contributed by atoms with Gasteiger partial charge in [0.05, 0.1) is 11.3 Å². The molecule has 4 aromatic rings. The van der Waals surface area contributed by atoms with Crippen LogP contribution in [0.25, 0.3) is 33.6 Å². The molecule has 0 radical (unpaired) electrons. The van der Waals surface area contributed by atoms with Crippen LogP contribution < -0.4 is 4.90 Å². The summed E-state index contributed by atoms with van der Waals surface area (Å²) in [5, 5.41) is 9.93. The molecule has 3 heterocycles. The Morgan fingerprint density at radius 2 is 1.70 bits per heavy atom. The van der Waals surface area contributed by atoms with Gasteiger partial charge < -0.3 is 19.0 Å². The lowest BCUT2D eigenvalue weighted by Crippen LogP contribution is -2.37. The standard InChI is InChI=1S/C29H28N4O3.ClH/c1-32(2)29(34)20-6-4-19(5-7-20)27-17-25-28(36-27)24(10-13-31-25)21-8-9-26(22(16-21)18-30)33(3)23-11-14-35-15-12-23;/h4-10,13,16-17,23H,11-12,14-15H2,1-3H3;1H. The molecule has 1 amide bonds. The topological polar surface area (TPSA) is 82.6 Å². The lowest BCUT2D eigenvalue weighted by atomic mass is 10.00. The van der Waals surface area contributed by atoms with Gasteiger partial charge in [-0.1, -0.05) is 18.2 Å². The minimum atomic E-state index is -0.0469. The molecule has 1 fully saturated rings. The van der Waals surface area contributed by atoms with Gasteiger partial charge in [-0.3, -0.25) is 9.78 Å². The minimum Gasteiger partial charge on any atom is -0.454 e. The molecule has 1 saturated heterocycles. The highest BCUT2D eigenvalue weighted by atomic mass is 35.5. The van der Waals surface area contributed by atoms with Crippen LogP contribution in [0.3, 0.4) is 0 Å². The molecule has 190 valence electrons. The Bertz CT molecular complexity index is 1450. The van der Waals surface area contributed by atoms with Gasteiger partial charge in [0.1, 0.15) is 17.3 Å². The number of ether oxygens (including phenoxy) is 1. The van der Waals surface area contributed by atoms with Crippen LogP contribution in [0.15, 0.2) is 65.2 Å². The first kappa shape index (κ1) is 26.2. The van der Waals surface area contributed by atoms with Gasteiger partial charge in [0.25, 0.3) is 5.91 Å². The van der Waals surface area contributed by atoms with Gasteiger partial charge in [-0.15, -0.1) is 12.4 Å². The molecule has 7 nitrogen and oxygen atoms in total. The van der Waals surface area contributed by atoms with E-state index in [1.165, 1.54) is 0 Å². The number of anilines is 1. The number of carbonyl (C=O) groups is 1. The molecule has 0 spiro atoms. The Morgan fingerprint density at radius 1 is 1.00 bits per heavy atom. The van der Waals surface area contributed by atoms with Gasteiger partial charge in [-0.25, -0.2) is 0 Å². The lowest BCUT2D eigenvalue weighted by Gasteiger charge is -2.33. The number of fused-ring (bicyclic) bond motifs is 1. The van der Waals surface area contributed by atoms with E-state index in [9.17, 15) is 10.1 Å². The fourth-order valence-electron chi connectivity index (χ4n) is 4.71. The second-order valence-electron chi connectivity index (χ2n) is 9.26. The largest absolute Gasteiger partial charge is 0.454 e. The molecule has 0 aliphatic carbocycles. The molecule has 1 aliphatic heterocycles. The highest BCUT2D eigenvalue weighted by Crippen LogP contribution is 2.36. The number of rotatable bonds is 5. The quantitative estimate of drug-likeness (QED) is 0.335. The van der Waals surface area contributed by atoms with E-state index in [1.54, 1.807) is 37.3 Å². The number of nitrogens with zero attached hydrogens (tertiary/aromatic N) is 4. The molecular weight excluding hydrogens is 488 g/mol. The highest BCUT2D eigenvalue weighted by Gasteiger charge is 2.22. The maximum Gasteiger partial charge on any atom is 0.253 e. The molecule has 0 atom stereocenters. The van der Waals surface area contributed by atoms with Crippen molar-refractivity contribution in [2.45, 2.75) is 18.9 Å². The Balaban J connectivity index is 0.00000320. The first-order chi connectivity index (χ1) is 17.5. The van der Waals surface area contributed by atoms with E-state index < -0.39 is 0 Å². The average molecular weight is 517 g/mol. The zero-order valence-electron chi connectivity index (χ0n) is 21.1. The number of amides is 1. The van der Waals surface area contributed by atoms with E-state index >= 15 is 0 Å². The van der Waals surface area contributed by atoms with E-state index in [1.807, 2.05) is 49.5 Å². The molecule has 0 bridgehead atoms. The Morgan fingerprint density at radius 3 is 2.38 bits per heavy atom. The number of nitriles is 1. The average Bonchev–Trinajstić information content (AvgIpc) is 3.37. The van der Waals surface area contributed by atoms with Crippen molar-refractivity contribution < 1.29 is 13.9 Å². The summed E-state index contributed by atoms with van der Waals surface area (Å²) in [4.78, 5) is 20.4. The van der Waals surface area contributed by atoms with E-state index in [0.717, 1.165) is 53.9 Å². The number of aromatic nitrogens is 1. The second kappa shape index (κ2) is 11.0. The van der Waals surface area contributed by atoms with Crippen LogP contribution in [0.5, 0.6) is 0 Å². The fourth-order valence-corrected chi connectivity index (χ4v) is 4.71. The molecule has 5 rings (SSSR count). The van der Waals surface area contributed by atoms with Crippen molar-refractivity contribution in [3.05, 3.63) is 71.9 Å². The third-order valence-electron chi connectivity index (χ3n) is 6.78. The third kappa shape index (κ3) is 5.17. The Hall–Kier alpha value is -3.86. The first-order valence-corrected chi connectivity index (χ1v) is 12.0. The summed E-state index contributed by atoms with van der Waals surface area (Å²) < 4.78 is 11.8. The number of halogens is 1. The van der Waals surface area contributed by atoms with Gasteiger partial charge in [0.15, 0.2) is 5.58 Å². The zero-order valence-corrected chi connectivity index (χ0v) is 21.9. The Kier molecular flexibility index (Phi) is 7.82. The van der Waals surface area contributed by atoms with Crippen molar-refractivity contribution in [2.75, 3.05) is 39.3 Å². The predicted octanol–water partition coefficient (Wildman–Crippen LogP) is 5.77. The maximum atomic E-state index is 12.2. The maximum absolute atomic E-state index is 12.2. The normalized spacial score (nSPS) is 13.6. The van der Waals surface area contributed by atoms with E-state index in [-0.39, 0.29) is 18.3 Å². The molecule has 1 aliphatic rings. The number of benzene rings is 2. The summed E-state index contributed by atoms with van der Waals surface area (Å²) in [6.07, 6.45) is 3.66. The van der Waals surface area contributed by atoms with Crippen LogP contribution in [0, 0.1) is 11.3 Å². The van der Waals surface area contributed by atoms with Crippen molar-refractivity contribution >= 4 is 35.1 Å². The smallest absolute Gasteiger partial charge is 0.253 e. The van der Waals surface area contributed by atoms with E-state index in [0.29, 0.717) is 28.5 Å². The van der Waals surface area contributed by atoms with Gasteiger partial charge in [-0.2, -0.15) is 5.26 Å². The van der Waals surface area contributed by atoms with Gasteiger partial charge in [0, 0.05) is 69.4 Å². The first-order valence-electron chi connectivity index (χ1n) is 12.0. The third-order valence-corrected chi connectivity index (χ3v) is 6.78. The Labute approximate surface area is 222 Å². The van der Waals surface area contributed by atoms with Gasteiger partial charge >= 0.3 is 0 Å². The number of furan rings is 1. The minimum absolute atomic E-state index is 0. The number of pyridine rings is 1. The van der Waals surface area contributed by atoms with Crippen LogP contribution in [0.2, 0.25) is 0 Å². The van der Waals surface area contributed by atoms with Crippen molar-refractivity contribution in [1.29, 1.82) is 5.26 Å². The van der Waals surface area contributed by atoms with Gasteiger partial charge in [0.2, 0.25) is 0 Å². The van der Waals surface area contributed by atoms with Crippen molar-refractivity contribution in [3.63, 3.8) is 0 Å². The zero-order chi connectivity index (χ0) is 25.2. The molecule has 37 heavy (non-hydrogen) atoms. The summed E-state index contributed by atoms with van der Waals surface area (Å²) in [6.45, 7) is 1.50. The summed E-state index contributed by atoms with van der Waals surface area (Å²) in [5.74, 6) is 0.625. The molecular formula is C29H29ClN4O3. The van der Waals surface area contributed by atoms with Crippen LogP contribution in [-0.4, -0.2) is 56.2 Å². The molecule has 8 heteroatoms. The molecule has 2 aromatic carbocycles. The van der Waals surface area contributed by atoms with Crippen molar-refractivity contribution in [1.82, 2.24) is 9.88 Å². The van der Waals surface area contributed by atoms with Crippen LogP contribution >= 0.6 is 12.4 Å². The van der Waals surface area contributed by atoms with Gasteiger partial charge in [-0.05, 0) is 48.7 Å². The fraction of sp³-hybridized carbons (Fsp3) is 0.276. The van der Waals surface area contributed by atoms with Crippen LogP contribution in [0.4, 0.5) is 5.69 Å². The summed E-state index contributed by atoms with van der Waals surface area (Å²) in [7, 11) is 5.51. The summed E-state index contributed by atoms with van der Waals surface area (Å²) in [6, 6.07) is 19.9. The molecule has 2 aromatic heterocycles. The van der Waals surface area contributed by atoms with Crippen LogP contribution in [0.1, 0.15) is 28.8 Å². The van der Waals surface area contributed by atoms with Crippen molar-refractivity contribution in [2.24, 2.45) is 0 Å². The van der Waals surface area contributed by atoms with E-state index in [2.05, 4.69) is 16.0 Å². The lowest BCUT2D eigenvalue weighted by molar-refractivity contribution is 0.0827. The monoisotopic (exact) mass is 516 g/mol. The second-order valence-corrected chi connectivity index (χ2v) is 9.26. The van der Waals surface area contributed by atoms with Crippen molar-refractivity contribution in [3.8, 4) is 28.5 Å². The highest BCUT2D eigenvalue weighted by molar-refractivity contribution is 5.95. The predicted molar refractivity (Wildman–Crippen MR) is 147 cm³/mol. The molecule has 0 unspecified atom stereocenters.